The molecule has 2 bridgehead atoms. The molecule has 136 valence electrons. The van der Waals surface area contributed by atoms with E-state index in [1.54, 1.807) is 13.2 Å². The summed E-state index contributed by atoms with van der Waals surface area (Å²) < 4.78 is 5.22. The molecule has 3 heterocycles. The second-order valence-electron chi connectivity index (χ2n) is 7.80. The molecular weight excluding hydrogens is 314 g/mol. The molecule has 1 amide bonds. The number of hydrogen-bond donors (Lipinski definition) is 2. The van der Waals surface area contributed by atoms with Gasteiger partial charge in [0.05, 0.1) is 7.11 Å². The van der Waals surface area contributed by atoms with E-state index >= 15 is 0 Å². The standard InChI is InChI=1S/C20H29N3O2/c1-25-19-6-2-4-14(10-19)20(24)22-17-5-3-9-23(13-17)18-11-15-7-8-16(12-18)21-15/h2,4,6,10,15-18,21H,3,5,7-9,11-13H2,1H3,(H,22,24)/t15?,16?,17-,18?/m1/s1. The second kappa shape index (κ2) is 7.34. The number of ether oxygens (including phenoxy) is 1. The molecule has 2 unspecified atom stereocenters. The van der Waals surface area contributed by atoms with Crippen molar-refractivity contribution in [1.82, 2.24) is 15.5 Å². The minimum Gasteiger partial charge on any atom is -0.497 e. The molecule has 3 atom stereocenters. The van der Waals surface area contributed by atoms with Gasteiger partial charge in [0.1, 0.15) is 5.75 Å². The molecule has 3 saturated heterocycles. The van der Waals surface area contributed by atoms with Crippen molar-refractivity contribution in [1.29, 1.82) is 0 Å². The van der Waals surface area contributed by atoms with E-state index in [1.165, 1.54) is 38.6 Å². The summed E-state index contributed by atoms with van der Waals surface area (Å²) in [7, 11) is 1.63. The van der Waals surface area contributed by atoms with Crippen LogP contribution in [0.2, 0.25) is 0 Å². The summed E-state index contributed by atoms with van der Waals surface area (Å²) in [6.45, 7) is 2.16. The van der Waals surface area contributed by atoms with Gasteiger partial charge >= 0.3 is 0 Å². The smallest absolute Gasteiger partial charge is 0.251 e. The fraction of sp³-hybridized carbons (Fsp3) is 0.650. The van der Waals surface area contributed by atoms with Gasteiger partial charge in [-0.2, -0.15) is 0 Å². The minimum atomic E-state index is 0.0103. The lowest BCUT2D eigenvalue weighted by Gasteiger charge is -2.42. The number of fused-ring (bicyclic) bond motifs is 2. The van der Waals surface area contributed by atoms with E-state index in [1.807, 2.05) is 18.2 Å². The SMILES string of the molecule is COc1cccc(C(=O)N[C@@H]2CCCN(C3CC4CCC(C3)N4)C2)c1. The quantitative estimate of drug-likeness (QED) is 0.880. The van der Waals surface area contributed by atoms with Crippen molar-refractivity contribution in [2.75, 3.05) is 20.2 Å². The summed E-state index contributed by atoms with van der Waals surface area (Å²) in [5, 5.41) is 6.97. The molecule has 0 radical (unpaired) electrons. The maximum Gasteiger partial charge on any atom is 0.251 e. The van der Waals surface area contributed by atoms with Gasteiger partial charge in [-0.15, -0.1) is 0 Å². The molecule has 2 N–H and O–H groups in total. The average molecular weight is 343 g/mol. The Bertz CT molecular complexity index is 609. The average Bonchev–Trinajstić information content (AvgIpc) is 2.99. The Morgan fingerprint density at radius 3 is 2.80 bits per heavy atom. The highest BCUT2D eigenvalue weighted by Gasteiger charge is 2.37. The first kappa shape index (κ1) is 16.9. The Labute approximate surface area is 150 Å². The van der Waals surface area contributed by atoms with Crippen molar-refractivity contribution in [2.45, 2.75) is 62.7 Å². The second-order valence-corrected chi connectivity index (χ2v) is 7.80. The van der Waals surface area contributed by atoms with E-state index in [4.69, 9.17) is 4.74 Å². The summed E-state index contributed by atoms with van der Waals surface area (Å²) in [6.07, 6.45) is 7.46. The molecule has 3 aliphatic rings. The molecule has 3 fully saturated rings. The van der Waals surface area contributed by atoms with Crippen LogP contribution in [0, 0.1) is 0 Å². The number of methoxy groups -OCH3 is 1. The third kappa shape index (κ3) is 3.82. The number of benzene rings is 1. The van der Waals surface area contributed by atoms with Gasteiger partial charge in [-0.1, -0.05) is 6.07 Å². The summed E-state index contributed by atoms with van der Waals surface area (Å²) in [6, 6.07) is 9.76. The maximum absolute atomic E-state index is 12.6. The number of carbonyl (C=O) groups excluding carboxylic acids is 1. The van der Waals surface area contributed by atoms with Crippen LogP contribution >= 0.6 is 0 Å². The van der Waals surface area contributed by atoms with Crippen LogP contribution in [-0.2, 0) is 0 Å². The first-order valence-corrected chi connectivity index (χ1v) is 9.66. The first-order valence-electron chi connectivity index (χ1n) is 9.66. The molecule has 5 nitrogen and oxygen atoms in total. The van der Waals surface area contributed by atoms with Gasteiger partial charge in [0, 0.05) is 36.3 Å². The third-order valence-corrected chi connectivity index (χ3v) is 6.08. The van der Waals surface area contributed by atoms with Crippen LogP contribution in [-0.4, -0.2) is 55.2 Å². The van der Waals surface area contributed by atoms with Crippen LogP contribution in [0.3, 0.4) is 0 Å². The Morgan fingerprint density at radius 1 is 1.24 bits per heavy atom. The molecule has 1 aromatic carbocycles. The summed E-state index contributed by atoms with van der Waals surface area (Å²) in [4.78, 5) is 15.2. The molecule has 5 heteroatoms. The van der Waals surface area contributed by atoms with E-state index in [2.05, 4.69) is 15.5 Å². The zero-order chi connectivity index (χ0) is 17.2. The number of nitrogens with zero attached hydrogens (tertiary/aromatic N) is 1. The Balaban J connectivity index is 1.35. The van der Waals surface area contributed by atoms with Crippen LogP contribution in [0.1, 0.15) is 48.9 Å². The molecular formula is C20H29N3O2. The van der Waals surface area contributed by atoms with Crippen LogP contribution in [0.5, 0.6) is 5.75 Å². The van der Waals surface area contributed by atoms with Crippen LogP contribution in [0.15, 0.2) is 24.3 Å². The fourth-order valence-electron chi connectivity index (χ4n) is 4.81. The minimum absolute atomic E-state index is 0.0103. The Morgan fingerprint density at radius 2 is 2.04 bits per heavy atom. The van der Waals surface area contributed by atoms with Gasteiger partial charge in [-0.05, 0) is 63.3 Å². The molecule has 25 heavy (non-hydrogen) atoms. The normalized spacial score (nSPS) is 32.4. The number of amides is 1. The molecule has 0 saturated carbocycles. The highest BCUT2D eigenvalue weighted by atomic mass is 16.5. The van der Waals surface area contributed by atoms with E-state index in [9.17, 15) is 4.79 Å². The number of rotatable bonds is 4. The third-order valence-electron chi connectivity index (χ3n) is 6.08. The van der Waals surface area contributed by atoms with Crippen molar-refractivity contribution in [2.24, 2.45) is 0 Å². The lowest BCUT2D eigenvalue weighted by atomic mass is 9.94. The van der Waals surface area contributed by atoms with E-state index in [-0.39, 0.29) is 11.9 Å². The van der Waals surface area contributed by atoms with E-state index < -0.39 is 0 Å². The van der Waals surface area contributed by atoms with E-state index in [0.29, 0.717) is 11.6 Å². The zero-order valence-electron chi connectivity index (χ0n) is 15.0. The monoisotopic (exact) mass is 343 g/mol. The lowest BCUT2D eigenvalue weighted by molar-refractivity contribution is 0.0810. The van der Waals surface area contributed by atoms with Crippen molar-refractivity contribution >= 4 is 5.91 Å². The van der Waals surface area contributed by atoms with Gasteiger partial charge in [0.25, 0.3) is 5.91 Å². The van der Waals surface area contributed by atoms with Crippen LogP contribution in [0.25, 0.3) is 0 Å². The van der Waals surface area contributed by atoms with Crippen molar-refractivity contribution < 1.29 is 9.53 Å². The lowest BCUT2D eigenvalue weighted by Crippen LogP contribution is -2.54. The zero-order valence-corrected chi connectivity index (χ0v) is 15.0. The predicted molar refractivity (Wildman–Crippen MR) is 98.0 cm³/mol. The highest BCUT2D eigenvalue weighted by molar-refractivity contribution is 5.94. The van der Waals surface area contributed by atoms with Gasteiger partial charge in [-0.25, -0.2) is 0 Å². The van der Waals surface area contributed by atoms with Gasteiger partial charge in [0.15, 0.2) is 0 Å². The predicted octanol–water partition coefficient (Wildman–Crippen LogP) is 2.17. The molecule has 0 aliphatic carbocycles. The summed E-state index contributed by atoms with van der Waals surface area (Å²) in [5.41, 5.74) is 0.677. The van der Waals surface area contributed by atoms with Gasteiger partial charge < -0.3 is 15.4 Å². The molecule has 3 aliphatic heterocycles. The number of piperidine rings is 2. The summed E-state index contributed by atoms with van der Waals surface area (Å²) >= 11 is 0. The molecule has 4 rings (SSSR count). The van der Waals surface area contributed by atoms with Crippen molar-refractivity contribution in [3.05, 3.63) is 29.8 Å². The van der Waals surface area contributed by atoms with Gasteiger partial charge in [0.2, 0.25) is 0 Å². The number of hydrogen-bond acceptors (Lipinski definition) is 4. The fourth-order valence-corrected chi connectivity index (χ4v) is 4.81. The molecule has 0 spiro atoms. The first-order chi connectivity index (χ1) is 12.2. The molecule has 1 aromatic rings. The van der Waals surface area contributed by atoms with Crippen molar-refractivity contribution in [3.63, 3.8) is 0 Å². The van der Waals surface area contributed by atoms with Crippen LogP contribution < -0.4 is 15.4 Å². The van der Waals surface area contributed by atoms with E-state index in [0.717, 1.165) is 30.8 Å². The molecule has 0 aromatic heterocycles. The topological polar surface area (TPSA) is 53.6 Å². The maximum atomic E-state index is 12.6. The largest absolute Gasteiger partial charge is 0.497 e. The highest BCUT2D eigenvalue weighted by Crippen LogP contribution is 2.31. The number of likely N-dealkylation sites (tertiary alicyclic amines) is 1. The van der Waals surface area contributed by atoms with Crippen molar-refractivity contribution in [3.8, 4) is 5.75 Å². The number of nitrogens with one attached hydrogen (secondary N) is 2. The summed E-state index contributed by atoms with van der Waals surface area (Å²) in [5.74, 6) is 0.735. The van der Waals surface area contributed by atoms with Crippen LogP contribution in [0.4, 0.5) is 0 Å². The number of carbonyl (C=O) groups is 1. The van der Waals surface area contributed by atoms with Gasteiger partial charge in [-0.3, -0.25) is 9.69 Å². The Hall–Kier alpha value is -1.59. The Kier molecular flexibility index (Phi) is 4.95.